The topological polar surface area (TPSA) is 64.6 Å². The predicted octanol–water partition coefficient (Wildman–Crippen LogP) is 1.47. The minimum absolute atomic E-state index is 0.0238. The van der Waals surface area contributed by atoms with Crippen LogP contribution in [0.25, 0.3) is 0 Å². The standard InChI is InChI=1S/C12H12ClNO4/c1-17-11(16)12(6-18-7-12)10(15)14-9-5-3-2-4-8(9)13/h2-5H,6-7H2,1H3,(H,14,15). The van der Waals surface area contributed by atoms with E-state index in [0.717, 1.165) is 0 Å². The maximum Gasteiger partial charge on any atom is 0.326 e. The minimum atomic E-state index is -1.26. The molecule has 0 bridgehead atoms. The number of carbonyl (C=O) groups is 2. The molecule has 0 atom stereocenters. The maximum absolute atomic E-state index is 12.1. The van der Waals surface area contributed by atoms with Crippen molar-refractivity contribution in [3.8, 4) is 0 Å². The molecule has 0 aliphatic carbocycles. The van der Waals surface area contributed by atoms with Gasteiger partial charge in [-0.05, 0) is 12.1 Å². The zero-order valence-electron chi connectivity index (χ0n) is 9.73. The zero-order valence-corrected chi connectivity index (χ0v) is 10.5. The van der Waals surface area contributed by atoms with Gasteiger partial charge in [-0.2, -0.15) is 0 Å². The van der Waals surface area contributed by atoms with Crippen molar-refractivity contribution in [1.29, 1.82) is 0 Å². The Morgan fingerprint density at radius 3 is 2.56 bits per heavy atom. The van der Waals surface area contributed by atoms with E-state index in [4.69, 9.17) is 16.3 Å². The summed E-state index contributed by atoms with van der Waals surface area (Å²) in [7, 11) is 1.24. The summed E-state index contributed by atoms with van der Waals surface area (Å²) in [4.78, 5) is 23.8. The third-order valence-corrected chi connectivity index (χ3v) is 3.16. The van der Waals surface area contributed by atoms with Crippen molar-refractivity contribution in [2.45, 2.75) is 0 Å². The SMILES string of the molecule is COC(=O)C1(C(=O)Nc2ccccc2Cl)COC1. The summed E-state index contributed by atoms with van der Waals surface area (Å²) < 4.78 is 9.59. The average Bonchev–Trinajstić information content (AvgIpc) is 2.30. The molecule has 1 aliphatic rings. The first-order valence-corrected chi connectivity index (χ1v) is 5.70. The van der Waals surface area contributed by atoms with E-state index < -0.39 is 17.3 Å². The summed E-state index contributed by atoms with van der Waals surface area (Å²) in [6.07, 6.45) is 0. The summed E-state index contributed by atoms with van der Waals surface area (Å²) in [6.45, 7) is 0.0475. The molecule has 1 aromatic carbocycles. The summed E-state index contributed by atoms with van der Waals surface area (Å²) in [5, 5.41) is 3.02. The number of amides is 1. The Morgan fingerprint density at radius 1 is 1.39 bits per heavy atom. The van der Waals surface area contributed by atoms with Gasteiger partial charge in [0.05, 0.1) is 31.0 Å². The van der Waals surface area contributed by atoms with Crippen molar-refractivity contribution in [2.24, 2.45) is 5.41 Å². The molecule has 0 radical (unpaired) electrons. The number of halogens is 1. The Labute approximate surface area is 109 Å². The molecule has 1 aliphatic heterocycles. The molecule has 96 valence electrons. The Kier molecular flexibility index (Phi) is 3.54. The van der Waals surface area contributed by atoms with Gasteiger partial charge in [-0.15, -0.1) is 0 Å². The molecular formula is C12H12ClNO4. The number of ether oxygens (including phenoxy) is 2. The summed E-state index contributed by atoms with van der Waals surface area (Å²) in [6, 6.07) is 6.80. The van der Waals surface area contributed by atoms with E-state index in [0.29, 0.717) is 10.7 Å². The first-order chi connectivity index (χ1) is 8.60. The Bertz CT molecular complexity index is 485. The number of carbonyl (C=O) groups excluding carboxylic acids is 2. The van der Waals surface area contributed by atoms with Gasteiger partial charge in [0.15, 0.2) is 5.41 Å². The lowest BCUT2D eigenvalue weighted by Gasteiger charge is -2.36. The van der Waals surface area contributed by atoms with Crippen LogP contribution in [0, 0.1) is 5.41 Å². The van der Waals surface area contributed by atoms with Gasteiger partial charge >= 0.3 is 5.97 Å². The molecule has 18 heavy (non-hydrogen) atoms. The van der Waals surface area contributed by atoms with Crippen LogP contribution < -0.4 is 5.32 Å². The molecular weight excluding hydrogens is 258 g/mol. The van der Waals surface area contributed by atoms with Crippen molar-refractivity contribution in [2.75, 3.05) is 25.6 Å². The van der Waals surface area contributed by atoms with E-state index >= 15 is 0 Å². The minimum Gasteiger partial charge on any atom is -0.468 e. The number of rotatable bonds is 3. The molecule has 1 heterocycles. The largest absolute Gasteiger partial charge is 0.468 e. The van der Waals surface area contributed by atoms with Crippen molar-refractivity contribution in [1.82, 2.24) is 0 Å². The van der Waals surface area contributed by atoms with Crippen LogP contribution >= 0.6 is 11.6 Å². The highest BCUT2D eigenvalue weighted by atomic mass is 35.5. The van der Waals surface area contributed by atoms with Crippen LogP contribution in [0.15, 0.2) is 24.3 Å². The lowest BCUT2D eigenvalue weighted by Crippen LogP contribution is -2.57. The second-order valence-electron chi connectivity index (χ2n) is 4.00. The van der Waals surface area contributed by atoms with Crippen LogP contribution in [-0.2, 0) is 19.1 Å². The fraction of sp³-hybridized carbons (Fsp3) is 0.333. The number of nitrogens with one attached hydrogen (secondary N) is 1. The molecule has 0 unspecified atom stereocenters. The van der Waals surface area contributed by atoms with Gasteiger partial charge in [-0.25, -0.2) is 0 Å². The van der Waals surface area contributed by atoms with Gasteiger partial charge in [-0.3, -0.25) is 9.59 Å². The first kappa shape index (κ1) is 12.9. The normalized spacial score (nSPS) is 16.6. The molecule has 0 aromatic heterocycles. The fourth-order valence-corrected chi connectivity index (χ4v) is 1.83. The average molecular weight is 270 g/mol. The molecule has 0 saturated carbocycles. The van der Waals surface area contributed by atoms with E-state index in [1.807, 2.05) is 0 Å². The highest BCUT2D eigenvalue weighted by molar-refractivity contribution is 6.33. The number of benzene rings is 1. The molecule has 1 N–H and O–H groups in total. The van der Waals surface area contributed by atoms with E-state index in [9.17, 15) is 9.59 Å². The monoisotopic (exact) mass is 269 g/mol. The molecule has 1 saturated heterocycles. The Balaban J connectivity index is 2.17. The lowest BCUT2D eigenvalue weighted by molar-refractivity contribution is -0.185. The van der Waals surface area contributed by atoms with E-state index in [-0.39, 0.29) is 13.2 Å². The van der Waals surface area contributed by atoms with Crippen molar-refractivity contribution >= 4 is 29.2 Å². The van der Waals surface area contributed by atoms with Crippen molar-refractivity contribution in [3.05, 3.63) is 29.3 Å². The van der Waals surface area contributed by atoms with Gasteiger partial charge in [0.1, 0.15) is 0 Å². The third kappa shape index (κ3) is 2.07. The van der Waals surface area contributed by atoms with Crippen LogP contribution in [-0.4, -0.2) is 32.2 Å². The first-order valence-electron chi connectivity index (χ1n) is 5.32. The van der Waals surface area contributed by atoms with E-state index in [2.05, 4.69) is 10.1 Å². The zero-order chi connectivity index (χ0) is 13.2. The maximum atomic E-state index is 12.1. The van der Waals surface area contributed by atoms with Crippen LogP contribution in [0.2, 0.25) is 5.02 Å². The summed E-state index contributed by atoms with van der Waals surface area (Å²) in [5.74, 6) is -1.06. The smallest absolute Gasteiger partial charge is 0.326 e. The van der Waals surface area contributed by atoms with Gasteiger partial charge in [0.2, 0.25) is 5.91 Å². The third-order valence-electron chi connectivity index (χ3n) is 2.83. The number of hydrogen-bond acceptors (Lipinski definition) is 4. The van der Waals surface area contributed by atoms with Crippen LogP contribution in [0.4, 0.5) is 5.69 Å². The number of para-hydroxylation sites is 1. The highest BCUT2D eigenvalue weighted by Gasteiger charge is 2.54. The fourth-order valence-electron chi connectivity index (χ4n) is 1.65. The number of anilines is 1. The number of hydrogen-bond donors (Lipinski definition) is 1. The van der Waals surface area contributed by atoms with Crippen molar-refractivity contribution in [3.63, 3.8) is 0 Å². The van der Waals surface area contributed by atoms with Gasteiger partial charge in [0.25, 0.3) is 0 Å². The molecule has 6 heteroatoms. The lowest BCUT2D eigenvalue weighted by atomic mass is 9.85. The molecule has 5 nitrogen and oxygen atoms in total. The van der Waals surface area contributed by atoms with E-state index in [1.54, 1.807) is 24.3 Å². The Morgan fingerprint density at radius 2 is 2.06 bits per heavy atom. The van der Waals surface area contributed by atoms with Crippen molar-refractivity contribution < 1.29 is 19.1 Å². The molecule has 1 fully saturated rings. The summed E-state index contributed by atoms with van der Waals surface area (Å²) in [5.41, 5.74) is -0.798. The van der Waals surface area contributed by atoms with Gasteiger partial charge in [0, 0.05) is 0 Å². The van der Waals surface area contributed by atoms with Crippen LogP contribution in [0.3, 0.4) is 0 Å². The second-order valence-corrected chi connectivity index (χ2v) is 4.41. The molecule has 1 aromatic rings. The Hall–Kier alpha value is -1.59. The van der Waals surface area contributed by atoms with Crippen LogP contribution in [0.1, 0.15) is 0 Å². The highest BCUT2D eigenvalue weighted by Crippen LogP contribution is 2.32. The quantitative estimate of drug-likeness (QED) is 0.667. The van der Waals surface area contributed by atoms with Gasteiger partial charge in [-0.1, -0.05) is 23.7 Å². The van der Waals surface area contributed by atoms with Gasteiger partial charge < -0.3 is 14.8 Å². The predicted molar refractivity (Wildman–Crippen MR) is 65.3 cm³/mol. The molecule has 1 amide bonds. The second kappa shape index (κ2) is 4.96. The number of esters is 1. The number of methoxy groups -OCH3 is 1. The molecule has 2 rings (SSSR count). The van der Waals surface area contributed by atoms with Crippen LogP contribution in [0.5, 0.6) is 0 Å². The molecule has 0 spiro atoms. The summed E-state index contributed by atoms with van der Waals surface area (Å²) >= 11 is 5.93. The van der Waals surface area contributed by atoms with E-state index in [1.165, 1.54) is 7.11 Å².